The largest absolute Gasteiger partial charge is 0.335 e. The molecule has 1 amide bonds. The van der Waals surface area contributed by atoms with Gasteiger partial charge in [0, 0.05) is 18.0 Å². The molecule has 0 unspecified atom stereocenters. The zero-order chi connectivity index (χ0) is 20.8. The first-order chi connectivity index (χ1) is 14.5. The fraction of sp³-hybridized carbons (Fsp3) is 0.136. The van der Waals surface area contributed by atoms with Crippen LogP contribution in [0.3, 0.4) is 0 Å². The SMILES string of the molecule is Cc1nn(C)c2ncc(NC(=O)c3cc(-c4ccccc4)nc4onc(C)c34)cc12. The molecule has 4 heterocycles. The summed E-state index contributed by atoms with van der Waals surface area (Å²) >= 11 is 0. The van der Waals surface area contributed by atoms with Crippen molar-refractivity contribution < 1.29 is 9.32 Å². The number of hydrogen-bond acceptors (Lipinski definition) is 6. The maximum atomic E-state index is 13.2. The minimum Gasteiger partial charge on any atom is -0.335 e. The Hall–Kier alpha value is -4.07. The number of nitrogens with one attached hydrogen (secondary N) is 1. The van der Waals surface area contributed by atoms with Crippen LogP contribution in [-0.4, -0.2) is 30.8 Å². The van der Waals surface area contributed by atoms with Crippen molar-refractivity contribution in [2.75, 3.05) is 5.32 Å². The van der Waals surface area contributed by atoms with Crippen LogP contribution in [0.5, 0.6) is 0 Å². The number of aromatic nitrogens is 5. The van der Waals surface area contributed by atoms with E-state index in [9.17, 15) is 4.79 Å². The predicted molar refractivity (Wildman–Crippen MR) is 113 cm³/mol. The van der Waals surface area contributed by atoms with E-state index in [0.29, 0.717) is 33.7 Å². The molecule has 0 aliphatic rings. The van der Waals surface area contributed by atoms with Gasteiger partial charge in [-0.05, 0) is 26.0 Å². The number of fused-ring (bicyclic) bond motifs is 2. The van der Waals surface area contributed by atoms with Crippen LogP contribution in [0, 0.1) is 13.8 Å². The molecule has 30 heavy (non-hydrogen) atoms. The van der Waals surface area contributed by atoms with E-state index in [4.69, 9.17) is 4.52 Å². The maximum Gasteiger partial charge on any atom is 0.259 e. The number of aryl methyl sites for hydroxylation is 3. The number of nitrogens with zero attached hydrogens (tertiary/aromatic N) is 5. The second-order valence-corrected chi connectivity index (χ2v) is 7.13. The van der Waals surface area contributed by atoms with E-state index in [-0.39, 0.29) is 5.91 Å². The second-order valence-electron chi connectivity index (χ2n) is 7.13. The molecule has 148 valence electrons. The first-order valence-electron chi connectivity index (χ1n) is 9.44. The number of hydrogen-bond donors (Lipinski definition) is 1. The summed E-state index contributed by atoms with van der Waals surface area (Å²) in [5.74, 6) is -0.284. The summed E-state index contributed by atoms with van der Waals surface area (Å²) in [5, 5.41) is 12.8. The van der Waals surface area contributed by atoms with Crippen molar-refractivity contribution in [1.29, 1.82) is 0 Å². The van der Waals surface area contributed by atoms with E-state index in [0.717, 1.165) is 22.3 Å². The zero-order valence-electron chi connectivity index (χ0n) is 16.7. The molecule has 5 rings (SSSR count). The first-order valence-corrected chi connectivity index (χ1v) is 9.44. The Labute approximate surface area is 171 Å². The molecule has 8 heteroatoms. The number of rotatable bonds is 3. The fourth-order valence-corrected chi connectivity index (χ4v) is 3.61. The number of benzene rings is 1. The number of amides is 1. The summed E-state index contributed by atoms with van der Waals surface area (Å²) in [5.41, 5.74) is 5.11. The third-order valence-corrected chi connectivity index (χ3v) is 5.05. The van der Waals surface area contributed by atoms with Crippen LogP contribution in [0.2, 0.25) is 0 Å². The monoisotopic (exact) mass is 398 g/mol. The van der Waals surface area contributed by atoms with Gasteiger partial charge in [0.15, 0.2) is 5.65 Å². The van der Waals surface area contributed by atoms with Crippen molar-refractivity contribution in [1.82, 2.24) is 24.9 Å². The summed E-state index contributed by atoms with van der Waals surface area (Å²) in [6.07, 6.45) is 1.62. The lowest BCUT2D eigenvalue weighted by Crippen LogP contribution is -2.13. The van der Waals surface area contributed by atoms with Gasteiger partial charge in [-0.2, -0.15) is 5.10 Å². The number of anilines is 1. The van der Waals surface area contributed by atoms with E-state index >= 15 is 0 Å². The van der Waals surface area contributed by atoms with Gasteiger partial charge >= 0.3 is 0 Å². The van der Waals surface area contributed by atoms with E-state index in [1.165, 1.54) is 0 Å². The molecular formula is C22H18N6O2. The van der Waals surface area contributed by atoms with Crippen LogP contribution in [0.4, 0.5) is 5.69 Å². The average Bonchev–Trinajstić information content (AvgIpc) is 3.27. The Morgan fingerprint density at radius 2 is 1.90 bits per heavy atom. The lowest BCUT2D eigenvalue weighted by atomic mass is 10.1. The molecule has 1 N–H and O–H groups in total. The topological polar surface area (TPSA) is 98.7 Å². The summed E-state index contributed by atoms with van der Waals surface area (Å²) in [4.78, 5) is 22.2. The highest BCUT2D eigenvalue weighted by Gasteiger charge is 2.20. The van der Waals surface area contributed by atoms with E-state index < -0.39 is 0 Å². The quantitative estimate of drug-likeness (QED) is 0.492. The van der Waals surface area contributed by atoms with Crippen molar-refractivity contribution in [3.63, 3.8) is 0 Å². The van der Waals surface area contributed by atoms with E-state index in [1.54, 1.807) is 23.9 Å². The van der Waals surface area contributed by atoms with Crippen molar-refractivity contribution in [2.45, 2.75) is 13.8 Å². The number of carbonyl (C=O) groups excluding carboxylic acids is 1. The standard InChI is InChI=1S/C22H18N6O2/c1-12-16-9-15(11-23-20(16)28(3)26-12)24-21(29)17-10-18(14-7-5-4-6-8-14)25-22-19(17)13(2)27-30-22/h4-11H,1-3H3,(H,24,29). The Bertz CT molecular complexity index is 1420. The van der Waals surface area contributed by atoms with Crippen molar-refractivity contribution >= 4 is 33.7 Å². The van der Waals surface area contributed by atoms with Crippen molar-refractivity contribution in [2.24, 2.45) is 7.05 Å². The molecule has 0 aliphatic heterocycles. The Morgan fingerprint density at radius 1 is 1.10 bits per heavy atom. The van der Waals surface area contributed by atoms with Crippen LogP contribution < -0.4 is 5.32 Å². The average molecular weight is 398 g/mol. The van der Waals surface area contributed by atoms with Crippen molar-refractivity contribution in [3.8, 4) is 11.3 Å². The molecule has 0 bridgehead atoms. The second kappa shape index (κ2) is 6.77. The first kappa shape index (κ1) is 18.0. The summed E-state index contributed by atoms with van der Waals surface area (Å²) in [6.45, 7) is 3.70. The van der Waals surface area contributed by atoms with E-state index in [1.807, 2.05) is 50.4 Å². The summed E-state index contributed by atoms with van der Waals surface area (Å²) < 4.78 is 7.08. The lowest BCUT2D eigenvalue weighted by molar-refractivity contribution is 0.102. The summed E-state index contributed by atoms with van der Waals surface area (Å²) in [6, 6.07) is 13.3. The van der Waals surface area contributed by atoms with Crippen LogP contribution in [-0.2, 0) is 7.05 Å². The predicted octanol–water partition coefficient (Wildman–Crippen LogP) is 4.04. The smallest absolute Gasteiger partial charge is 0.259 e. The Kier molecular flexibility index (Phi) is 4.06. The molecule has 0 saturated heterocycles. The Balaban J connectivity index is 1.59. The Morgan fingerprint density at radius 3 is 2.70 bits per heavy atom. The molecule has 5 aromatic rings. The zero-order valence-corrected chi connectivity index (χ0v) is 16.7. The van der Waals surface area contributed by atoms with Gasteiger partial charge in [0.1, 0.15) is 0 Å². The van der Waals surface area contributed by atoms with E-state index in [2.05, 4.69) is 25.5 Å². The maximum absolute atomic E-state index is 13.2. The third-order valence-electron chi connectivity index (χ3n) is 5.05. The van der Waals surface area contributed by atoms with Crippen molar-refractivity contribution in [3.05, 3.63) is 65.6 Å². The van der Waals surface area contributed by atoms with Gasteiger partial charge in [-0.1, -0.05) is 35.5 Å². The van der Waals surface area contributed by atoms with Crippen LogP contribution in [0.1, 0.15) is 21.7 Å². The van der Waals surface area contributed by atoms with Gasteiger partial charge in [0.2, 0.25) is 0 Å². The van der Waals surface area contributed by atoms with Gasteiger partial charge in [-0.15, -0.1) is 0 Å². The minimum atomic E-state index is -0.284. The molecular weight excluding hydrogens is 380 g/mol. The third kappa shape index (κ3) is 2.89. The molecule has 0 radical (unpaired) electrons. The van der Waals surface area contributed by atoms with Gasteiger partial charge in [-0.3, -0.25) is 9.48 Å². The molecule has 4 aromatic heterocycles. The molecule has 0 saturated carbocycles. The molecule has 0 fully saturated rings. The highest BCUT2D eigenvalue weighted by atomic mass is 16.5. The van der Waals surface area contributed by atoms with Gasteiger partial charge in [-0.25, -0.2) is 9.97 Å². The number of pyridine rings is 2. The molecule has 0 atom stereocenters. The van der Waals surface area contributed by atoms with Gasteiger partial charge < -0.3 is 9.84 Å². The van der Waals surface area contributed by atoms with Gasteiger partial charge in [0.05, 0.1) is 39.9 Å². The summed E-state index contributed by atoms with van der Waals surface area (Å²) in [7, 11) is 1.84. The fourth-order valence-electron chi connectivity index (χ4n) is 3.61. The molecule has 0 aliphatic carbocycles. The van der Waals surface area contributed by atoms with Crippen LogP contribution in [0.15, 0.2) is 53.2 Å². The minimum absolute atomic E-state index is 0.284. The number of carbonyl (C=O) groups is 1. The molecule has 8 nitrogen and oxygen atoms in total. The molecule has 0 spiro atoms. The highest BCUT2D eigenvalue weighted by Crippen LogP contribution is 2.28. The van der Waals surface area contributed by atoms with Crippen LogP contribution >= 0.6 is 0 Å². The van der Waals surface area contributed by atoms with Gasteiger partial charge in [0.25, 0.3) is 11.6 Å². The van der Waals surface area contributed by atoms with Crippen LogP contribution in [0.25, 0.3) is 33.4 Å². The molecule has 1 aromatic carbocycles. The normalized spacial score (nSPS) is 11.3. The highest BCUT2D eigenvalue weighted by molar-refractivity contribution is 6.13. The lowest BCUT2D eigenvalue weighted by Gasteiger charge is -2.08.